The maximum atomic E-state index is 3.76. The van der Waals surface area contributed by atoms with Crippen LogP contribution in [-0.4, -0.2) is 36.1 Å². The topological polar surface area (TPSA) is 15.3 Å². The first-order valence-corrected chi connectivity index (χ1v) is 7.15. The van der Waals surface area contributed by atoms with E-state index in [1.165, 1.54) is 45.2 Å². The van der Waals surface area contributed by atoms with Gasteiger partial charge in [0.2, 0.25) is 0 Å². The fraction of sp³-hybridized carbons (Fsp3) is 1.00. The van der Waals surface area contributed by atoms with Crippen molar-refractivity contribution >= 4 is 0 Å². The molecular formula is C14H28N2. The summed E-state index contributed by atoms with van der Waals surface area (Å²) in [7, 11) is 0. The van der Waals surface area contributed by atoms with Crippen LogP contribution in [0.4, 0.5) is 0 Å². The minimum absolute atomic E-state index is 0.786. The van der Waals surface area contributed by atoms with E-state index >= 15 is 0 Å². The third-order valence-electron chi connectivity index (χ3n) is 4.05. The summed E-state index contributed by atoms with van der Waals surface area (Å²) in [6.07, 6.45) is 6.94. The molecular weight excluding hydrogens is 196 g/mol. The third kappa shape index (κ3) is 3.74. The molecule has 1 aliphatic heterocycles. The number of hydrogen-bond acceptors (Lipinski definition) is 2. The minimum atomic E-state index is 0.786. The summed E-state index contributed by atoms with van der Waals surface area (Å²) in [6.45, 7) is 9.66. The van der Waals surface area contributed by atoms with Gasteiger partial charge in [0.1, 0.15) is 0 Å². The molecule has 2 aliphatic rings. The molecule has 0 aromatic rings. The standard InChI is InChI=1S/C14H28N2/c1-11(2)4-5-12(3)16-9-8-14(10-16)15-13-6-7-13/h11-15H,4-10H2,1-3H3. The van der Waals surface area contributed by atoms with Crippen LogP contribution in [0.3, 0.4) is 0 Å². The molecule has 0 spiro atoms. The Labute approximate surface area is 101 Å². The van der Waals surface area contributed by atoms with Crippen LogP contribution < -0.4 is 5.32 Å². The van der Waals surface area contributed by atoms with Gasteiger partial charge < -0.3 is 5.32 Å². The Hall–Kier alpha value is -0.0800. The predicted molar refractivity (Wildman–Crippen MR) is 69.7 cm³/mol. The average molecular weight is 224 g/mol. The highest BCUT2D eigenvalue weighted by Gasteiger charge is 2.30. The van der Waals surface area contributed by atoms with Crippen molar-refractivity contribution < 1.29 is 0 Å². The molecule has 2 unspecified atom stereocenters. The molecule has 1 heterocycles. The van der Waals surface area contributed by atoms with E-state index in [0.717, 1.165) is 24.0 Å². The van der Waals surface area contributed by atoms with Crippen LogP contribution in [0, 0.1) is 5.92 Å². The molecule has 0 aromatic heterocycles. The fourth-order valence-electron chi connectivity index (χ4n) is 2.66. The lowest BCUT2D eigenvalue weighted by Crippen LogP contribution is -2.37. The number of hydrogen-bond donors (Lipinski definition) is 1. The van der Waals surface area contributed by atoms with E-state index in [2.05, 4.69) is 31.0 Å². The van der Waals surface area contributed by atoms with Gasteiger partial charge in [0.05, 0.1) is 0 Å². The normalized spacial score (nSPS) is 28.9. The molecule has 16 heavy (non-hydrogen) atoms. The van der Waals surface area contributed by atoms with Crippen LogP contribution in [0.25, 0.3) is 0 Å². The van der Waals surface area contributed by atoms with E-state index in [0.29, 0.717) is 0 Å². The maximum Gasteiger partial charge on any atom is 0.0209 e. The number of rotatable bonds is 6. The van der Waals surface area contributed by atoms with E-state index in [4.69, 9.17) is 0 Å². The number of likely N-dealkylation sites (tertiary alicyclic amines) is 1. The maximum absolute atomic E-state index is 3.76. The Morgan fingerprint density at radius 1 is 1.06 bits per heavy atom. The van der Waals surface area contributed by atoms with Crippen molar-refractivity contribution in [1.29, 1.82) is 0 Å². The molecule has 2 atom stereocenters. The third-order valence-corrected chi connectivity index (χ3v) is 4.05. The molecule has 0 aromatic carbocycles. The van der Waals surface area contributed by atoms with Gasteiger partial charge >= 0.3 is 0 Å². The molecule has 2 heteroatoms. The van der Waals surface area contributed by atoms with Crippen molar-refractivity contribution in [2.75, 3.05) is 13.1 Å². The van der Waals surface area contributed by atoms with E-state index in [1.54, 1.807) is 0 Å². The summed E-state index contributed by atoms with van der Waals surface area (Å²) < 4.78 is 0. The second-order valence-corrected chi connectivity index (χ2v) is 6.24. The zero-order valence-electron chi connectivity index (χ0n) is 11.2. The minimum Gasteiger partial charge on any atom is -0.310 e. The first-order valence-electron chi connectivity index (χ1n) is 7.15. The van der Waals surface area contributed by atoms with Gasteiger partial charge in [-0.1, -0.05) is 13.8 Å². The first kappa shape index (κ1) is 12.4. The van der Waals surface area contributed by atoms with Crippen LogP contribution in [-0.2, 0) is 0 Å². The molecule has 94 valence electrons. The van der Waals surface area contributed by atoms with Gasteiger partial charge in [-0.3, -0.25) is 4.90 Å². The van der Waals surface area contributed by atoms with E-state index in [9.17, 15) is 0 Å². The largest absolute Gasteiger partial charge is 0.310 e. The Bertz CT molecular complexity index is 211. The molecule has 1 aliphatic carbocycles. The van der Waals surface area contributed by atoms with Crippen LogP contribution in [0.15, 0.2) is 0 Å². The summed E-state index contributed by atoms with van der Waals surface area (Å²) in [5, 5.41) is 3.76. The highest BCUT2D eigenvalue weighted by molar-refractivity contribution is 4.90. The van der Waals surface area contributed by atoms with Gasteiger partial charge in [0.15, 0.2) is 0 Å². The van der Waals surface area contributed by atoms with E-state index < -0.39 is 0 Å². The van der Waals surface area contributed by atoms with E-state index in [1.807, 2.05) is 0 Å². The van der Waals surface area contributed by atoms with Gasteiger partial charge in [0, 0.05) is 31.2 Å². The molecule has 1 saturated heterocycles. The van der Waals surface area contributed by atoms with Crippen molar-refractivity contribution in [2.45, 2.75) is 71.0 Å². The van der Waals surface area contributed by atoms with Crippen molar-refractivity contribution in [2.24, 2.45) is 5.92 Å². The van der Waals surface area contributed by atoms with Gasteiger partial charge in [-0.05, 0) is 44.9 Å². The zero-order valence-corrected chi connectivity index (χ0v) is 11.2. The lowest BCUT2D eigenvalue weighted by Gasteiger charge is -2.25. The summed E-state index contributed by atoms with van der Waals surface area (Å²) in [5.41, 5.74) is 0. The smallest absolute Gasteiger partial charge is 0.0209 e. The highest BCUT2D eigenvalue weighted by Crippen LogP contribution is 2.23. The summed E-state index contributed by atoms with van der Waals surface area (Å²) in [6, 6.07) is 2.44. The number of nitrogens with one attached hydrogen (secondary N) is 1. The molecule has 2 nitrogen and oxygen atoms in total. The molecule has 2 fully saturated rings. The van der Waals surface area contributed by atoms with E-state index in [-0.39, 0.29) is 0 Å². The highest BCUT2D eigenvalue weighted by atomic mass is 15.2. The van der Waals surface area contributed by atoms with Crippen LogP contribution in [0.5, 0.6) is 0 Å². The first-order chi connectivity index (χ1) is 7.65. The van der Waals surface area contributed by atoms with Crippen molar-refractivity contribution in [3.05, 3.63) is 0 Å². The quantitative estimate of drug-likeness (QED) is 0.746. The summed E-state index contributed by atoms with van der Waals surface area (Å²) >= 11 is 0. The number of nitrogens with zero attached hydrogens (tertiary/aromatic N) is 1. The second kappa shape index (κ2) is 5.50. The molecule has 0 radical (unpaired) electrons. The van der Waals surface area contributed by atoms with Crippen molar-refractivity contribution in [3.63, 3.8) is 0 Å². The molecule has 1 N–H and O–H groups in total. The lowest BCUT2D eigenvalue weighted by molar-refractivity contribution is 0.231. The van der Waals surface area contributed by atoms with Crippen LogP contribution in [0.2, 0.25) is 0 Å². The van der Waals surface area contributed by atoms with Gasteiger partial charge in [-0.15, -0.1) is 0 Å². The Morgan fingerprint density at radius 2 is 1.81 bits per heavy atom. The Kier molecular flexibility index (Phi) is 4.26. The molecule has 0 bridgehead atoms. The average Bonchev–Trinajstić information content (AvgIpc) is 2.91. The Balaban J connectivity index is 1.65. The second-order valence-electron chi connectivity index (χ2n) is 6.24. The van der Waals surface area contributed by atoms with Crippen molar-refractivity contribution in [1.82, 2.24) is 10.2 Å². The van der Waals surface area contributed by atoms with Crippen molar-refractivity contribution in [3.8, 4) is 0 Å². The van der Waals surface area contributed by atoms with Gasteiger partial charge in [-0.2, -0.15) is 0 Å². The lowest BCUT2D eigenvalue weighted by atomic mass is 10.0. The monoisotopic (exact) mass is 224 g/mol. The van der Waals surface area contributed by atoms with Crippen LogP contribution >= 0.6 is 0 Å². The molecule has 1 saturated carbocycles. The predicted octanol–water partition coefficient (Wildman–Crippen LogP) is 2.64. The van der Waals surface area contributed by atoms with Gasteiger partial charge in [-0.25, -0.2) is 0 Å². The van der Waals surface area contributed by atoms with Gasteiger partial charge in [0.25, 0.3) is 0 Å². The zero-order chi connectivity index (χ0) is 11.5. The fourth-order valence-corrected chi connectivity index (χ4v) is 2.66. The van der Waals surface area contributed by atoms with Crippen LogP contribution in [0.1, 0.15) is 52.9 Å². The summed E-state index contributed by atoms with van der Waals surface area (Å²) in [5.74, 6) is 0.852. The SMILES string of the molecule is CC(C)CCC(C)N1CCC(NC2CC2)C1. The summed E-state index contributed by atoms with van der Waals surface area (Å²) in [4.78, 5) is 2.68. The molecule has 2 rings (SSSR count). The Morgan fingerprint density at radius 3 is 2.44 bits per heavy atom. The molecule has 0 amide bonds.